The van der Waals surface area contributed by atoms with Crippen LogP contribution in [0.4, 0.5) is 8.78 Å². The summed E-state index contributed by atoms with van der Waals surface area (Å²) in [4.78, 5) is 5.77. The molecule has 1 N–H and O–H groups in total. The third-order valence-corrected chi connectivity index (χ3v) is 4.28. The van der Waals surface area contributed by atoms with Gasteiger partial charge in [0.15, 0.2) is 0 Å². The topological polar surface area (TPSA) is 34.1 Å². The predicted molar refractivity (Wildman–Crippen MR) is 80.2 cm³/mol. The van der Waals surface area contributed by atoms with Gasteiger partial charge in [-0.1, -0.05) is 19.1 Å². The van der Waals surface area contributed by atoms with E-state index in [1.807, 2.05) is 20.8 Å². The average molecular weight is 312 g/mol. The van der Waals surface area contributed by atoms with Crippen molar-refractivity contribution in [1.29, 1.82) is 0 Å². The highest BCUT2D eigenvalue weighted by Crippen LogP contribution is 2.29. The fourth-order valence-corrected chi connectivity index (χ4v) is 3.04. The molecular weight excluding hydrogens is 294 g/mol. The molecule has 0 saturated carbocycles. The summed E-state index contributed by atoms with van der Waals surface area (Å²) in [5, 5.41) is 4.36. The minimum Gasteiger partial charge on any atom is -0.435 e. The van der Waals surface area contributed by atoms with E-state index >= 15 is 0 Å². The van der Waals surface area contributed by atoms with Crippen LogP contribution in [0.3, 0.4) is 0 Å². The number of ether oxygens (including phenoxy) is 1. The Kier molecular flexibility index (Phi) is 5.25. The van der Waals surface area contributed by atoms with Crippen molar-refractivity contribution in [2.45, 2.75) is 33.4 Å². The third kappa shape index (κ3) is 3.98. The van der Waals surface area contributed by atoms with E-state index in [-0.39, 0.29) is 11.8 Å². The number of alkyl halides is 2. The van der Waals surface area contributed by atoms with Crippen molar-refractivity contribution in [3.8, 4) is 5.75 Å². The van der Waals surface area contributed by atoms with Crippen LogP contribution in [0.2, 0.25) is 0 Å². The van der Waals surface area contributed by atoms with E-state index in [1.54, 1.807) is 35.6 Å². The lowest BCUT2D eigenvalue weighted by molar-refractivity contribution is -0.0498. The van der Waals surface area contributed by atoms with Gasteiger partial charge in [-0.3, -0.25) is 0 Å². The standard InChI is InChI=1S/C15H18F2N2OS/c1-4-18-13(14-19-9(2)10(3)21-14)11-5-7-12(8-6-11)20-15(16)17/h5-8,13,15,18H,4H2,1-3H3. The van der Waals surface area contributed by atoms with Crippen LogP contribution in [0.5, 0.6) is 5.75 Å². The molecule has 0 aliphatic heterocycles. The molecule has 0 bridgehead atoms. The van der Waals surface area contributed by atoms with Crippen molar-refractivity contribution < 1.29 is 13.5 Å². The quantitative estimate of drug-likeness (QED) is 0.873. The molecule has 6 heteroatoms. The highest BCUT2D eigenvalue weighted by atomic mass is 32.1. The van der Waals surface area contributed by atoms with E-state index in [0.29, 0.717) is 0 Å². The Bertz CT molecular complexity index is 564. The normalized spacial score (nSPS) is 12.7. The van der Waals surface area contributed by atoms with Crippen LogP contribution in [0.1, 0.15) is 34.1 Å². The SMILES string of the molecule is CCNC(c1ccc(OC(F)F)cc1)c1nc(C)c(C)s1. The Hall–Kier alpha value is -1.53. The molecular formula is C15H18F2N2OS. The van der Waals surface area contributed by atoms with Gasteiger partial charge in [-0.05, 0) is 38.1 Å². The molecule has 2 aromatic rings. The Balaban J connectivity index is 2.25. The predicted octanol–water partition coefficient (Wildman–Crippen LogP) is 4.06. The molecule has 0 fully saturated rings. The summed E-state index contributed by atoms with van der Waals surface area (Å²) in [6.45, 7) is 4.04. The maximum Gasteiger partial charge on any atom is 0.387 e. The number of rotatable bonds is 6. The van der Waals surface area contributed by atoms with E-state index < -0.39 is 6.61 Å². The summed E-state index contributed by atoms with van der Waals surface area (Å²) in [7, 11) is 0. The lowest BCUT2D eigenvalue weighted by Crippen LogP contribution is -2.21. The molecule has 3 nitrogen and oxygen atoms in total. The second-order valence-electron chi connectivity index (χ2n) is 4.63. The van der Waals surface area contributed by atoms with E-state index in [2.05, 4.69) is 15.0 Å². The number of nitrogens with zero attached hydrogens (tertiary/aromatic N) is 1. The van der Waals surface area contributed by atoms with Gasteiger partial charge >= 0.3 is 6.61 Å². The van der Waals surface area contributed by atoms with Crippen molar-refractivity contribution in [3.05, 3.63) is 45.4 Å². The largest absolute Gasteiger partial charge is 0.435 e. The van der Waals surface area contributed by atoms with Crippen molar-refractivity contribution in [1.82, 2.24) is 10.3 Å². The second-order valence-corrected chi connectivity index (χ2v) is 5.87. The number of hydrogen-bond acceptors (Lipinski definition) is 4. The molecule has 0 radical (unpaired) electrons. The molecule has 1 heterocycles. The van der Waals surface area contributed by atoms with E-state index in [1.165, 1.54) is 4.88 Å². The van der Waals surface area contributed by atoms with Gasteiger partial charge in [-0.15, -0.1) is 11.3 Å². The number of thiazole rings is 1. The van der Waals surface area contributed by atoms with Gasteiger partial charge in [-0.2, -0.15) is 8.78 Å². The van der Waals surface area contributed by atoms with E-state index in [4.69, 9.17) is 0 Å². The van der Waals surface area contributed by atoms with Gasteiger partial charge in [0.2, 0.25) is 0 Å². The average Bonchev–Trinajstić information content (AvgIpc) is 2.76. The second kappa shape index (κ2) is 6.95. The van der Waals surface area contributed by atoms with Crippen LogP contribution >= 0.6 is 11.3 Å². The maximum atomic E-state index is 12.2. The molecule has 1 aromatic carbocycles. The van der Waals surface area contributed by atoms with Crippen molar-refractivity contribution in [2.75, 3.05) is 6.54 Å². The number of benzene rings is 1. The Morgan fingerprint density at radius 1 is 1.24 bits per heavy atom. The first-order chi connectivity index (χ1) is 10.0. The first-order valence-corrected chi connectivity index (χ1v) is 7.55. The number of aromatic nitrogens is 1. The number of hydrogen-bond donors (Lipinski definition) is 1. The molecule has 1 aromatic heterocycles. The molecule has 2 rings (SSSR count). The lowest BCUT2D eigenvalue weighted by atomic mass is 10.1. The molecule has 0 spiro atoms. The maximum absolute atomic E-state index is 12.2. The third-order valence-electron chi connectivity index (χ3n) is 3.14. The summed E-state index contributed by atoms with van der Waals surface area (Å²) in [6.07, 6.45) is 0. The molecule has 1 atom stereocenters. The molecule has 1 unspecified atom stereocenters. The molecule has 0 aliphatic carbocycles. The highest BCUT2D eigenvalue weighted by molar-refractivity contribution is 7.11. The summed E-state index contributed by atoms with van der Waals surface area (Å²) in [6, 6.07) is 6.65. The van der Waals surface area contributed by atoms with Gasteiger partial charge in [0.05, 0.1) is 11.7 Å². The van der Waals surface area contributed by atoms with Crippen LogP contribution in [0, 0.1) is 13.8 Å². The Labute approximate surface area is 127 Å². The summed E-state index contributed by atoms with van der Waals surface area (Å²) in [5.41, 5.74) is 2.00. The number of nitrogens with one attached hydrogen (secondary N) is 1. The monoisotopic (exact) mass is 312 g/mol. The van der Waals surface area contributed by atoms with Crippen molar-refractivity contribution in [3.63, 3.8) is 0 Å². The first kappa shape index (κ1) is 15.9. The molecule has 0 amide bonds. The van der Waals surface area contributed by atoms with Crippen molar-refractivity contribution in [2.24, 2.45) is 0 Å². The zero-order valence-corrected chi connectivity index (χ0v) is 13.0. The molecule has 0 saturated heterocycles. The van der Waals surface area contributed by atoms with Crippen LogP contribution in [-0.2, 0) is 0 Å². The fraction of sp³-hybridized carbons (Fsp3) is 0.400. The van der Waals surface area contributed by atoms with Gasteiger partial charge in [-0.25, -0.2) is 4.98 Å². The van der Waals surface area contributed by atoms with Gasteiger partial charge in [0.1, 0.15) is 10.8 Å². The highest BCUT2D eigenvalue weighted by Gasteiger charge is 2.18. The number of aryl methyl sites for hydroxylation is 2. The first-order valence-electron chi connectivity index (χ1n) is 6.73. The minimum atomic E-state index is -2.80. The van der Waals surface area contributed by atoms with Crippen LogP contribution in [0.15, 0.2) is 24.3 Å². The summed E-state index contributed by atoms with van der Waals surface area (Å²) in [5.74, 6) is 0.162. The summed E-state index contributed by atoms with van der Waals surface area (Å²) >= 11 is 1.65. The van der Waals surface area contributed by atoms with Gasteiger partial charge in [0.25, 0.3) is 0 Å². The van der Waals surface area contributed by atoms with Gasteiger partial charge in [0, 0.05) is 4.88 Å². The lowest BCUT2D eigenvalue weighted by Gasteiger charge is -2.16. The Morgan fingerprint density at radius 3 is 2.38 bits per heavy atom. The number of halogens is 2. The van der Waals surface area contributed by atoms with Crippen molar-refractivity contribution >= 4 is 11.3 Å². The van der Waals surface area contributed by atoms with E-state index in [0.717, 1.165) is 22.8 Å². The van der Waals surface area contributed by atoms with Crippen LogP contribution < -0.4 is 10.1 Å². The molecule has 21 heavy (non-hydrogen) atoms. The zero-order valence-electron chi connectivity index (χ0n) is 12.2. The zero-order chi connectivity index (χ0) is 15.4. The Morgan fingerprint density at radius 2 is 1.90 bits per heavy atom. The van der Waals surface area contributed by atoms with Gasteiger partial charge < -0.3 is 10.1 Å². The van der Waals surface area contributed by atoms with E-state index in [9.17, 15) is 8.78 Å². The van der Waals surface area contributed by atoms with Crippen LogP contribution in [-0.4, -0.2) is 18.1 Å². The smallest absolute Gasteiger partial charge is 0.387 e. The molecule has 114 valence electrons. The minimum absolute atomic E-state index is 0.0343. The summed E-state index contributed by atoms with van der Waals surface area (Å²) < 4.78 is 28.7. The molecule has 0 aliphatic rings. The fourth-order valence-electron chi connectivity index (χ4n) is 2.01. The van der Waals surface area contributed by atoms with Crippen LogP contribution in [0.25, 0.3) is 0 Å².